The molecular weight excluding hydrogens is 367 g/mol. The van der Waals surface area contributed by atoms with Crippen molar-refractivity contribution in [2.24, 2.45) is 0 Å². The molecule has 1 heterocycles. The lowest BCUT2D eigenvalue weighted by atomic mass is 10.2. The van der Waals surface area contributed by atoms with Gasteiger partial charge in [0.2, 0.25) is 0 Å². The molecule has 0 saturated heterocycles. The molecule has 3 heteroatoms. The molecule has 0 atom stereocenters. The van der Waals surface area contributed by atoms with Gasteiger partial charge < -0.3 is 5.11 Å². The van der Waals surface area contributed by atoms with E-state index in [0.29, 0.717) is 5.76 Å². The number of aliphatic hydroxyl groups excluding tert-OH is 1. The molecule has 4 aromatic rings. The summed E-state index contributed by atoms with van der Waals surface area (Å²) in [6.45, 7) is 0. The lowest BCUT2D eigenvalue weighted by Crippen LogP contribution is -2.29. The van der Waals surface area contributed by atoms with Gasteiger partial charge in [-0.05, 0) is 35.7 Å². The average Bonchev–Trinajstić information content (AvgIpc) is 3.29. The third-order valence-corrected chi connectivity index (χ3v) is 9.43. The fraction of sp³-hybridized carbons (Fsp3) is 0. The van der Waals surface area contributed by atoms with E-state index >= 15 is 0 Å². The molecular formula is C24H20OPS+. The molecule has 0 aliphatic heterocycles. The minimum Gasteiger partial charge on any atom is -0.504 e. The highest BCUT2D eigenvalue weighted by molar-refractivity contribution is 7.98. The number of aliphatic hydroxyl groups is 1. The van der Waals surface area contributed by atoms with Crippen LogP contribution in [0.5, 0.6) is 0 Å². The Balaban J connectivity index is 2.02. The summed E-state index contributed by atoms with van der Waals surface area (Å²) in [5.74, 6) is 2.41. The molecule has 1 nitrogen and oxygen atoms in total. The molecule has 27 heavy (non-hydrogen) atoms. The second-order valence-electron chi connectivity index (χ2n) is 6.26. The molecule has 0 aliphatic rings. The van der Waals surface area contributed by atoms with Crippen LogP contribution in [0, 0.1) is 0 Å². The predicted octanol–water partition coefficient (Wildman–Crippen LogP) is 5.60. The maximum atomic E-state index is 11.1. The molecule has 0 spiro atoms. The summed E-state index contributed by atoms with van der Waals surface area (Å²) >= 11 is 1.70. The van der Waals surface area contributed by atoms with Crippen molar-refractivity contribution in [2.45, 2.75) is 0 Å². The Morgan fingerprint density at radius 1 is 0.667 bits per heavy atom. The quantitative estimate of drug-likeness (QED) is 0.349. The molecule has 0 aliphatic carbocycles. The van der Waals surface area contributed by atoms with Gasteiger partial charge in [0, 0.05) is 10.9 Å². The van der Waals surface area contributed by atoms with Crippen LogP contribution in [0.4, 0.5) is 0 Å². The molecule has 3 aromatic carbocycles. The summed E-state index contributed by atoms with van der Waals surface area (Å²) < 4.78 is 0. The van der Waals surface area contributed by atoms with Gasteiger partial charge in [0.05, 0.1) is 0 Å². The van der Waals surface area contributed by atoms with Crippen molar-refractivity contribution in [3.63, 3.8) is 0 Å². The first-order chi connectivity index (χ1) is 13.3. The molecule has 0 saturated carbocycles. The first-order valence-corrected chi connectivity index (χ1v) is 11.6. The molecule has 1 aromatic heterocycles. The number of benzene rings is 3. The zero-order valence-corrected chi connectivity index (χ0v) is 16.5. The Bertz CT molecular complexity index is 970. The monoisotopic (exact) mass is 387 g/mol. The lowest BCUT2D eigenvalue weighted by molar-refractivity contribution is 0.513. The molecule has 0 bridgehead atoms. The number of rotatable bonds is 5. The van der Waals surface area contributed by atoms with Crippen LogP contribution < -0.4 is 15.9 Å². The van der Waals surface area contributed by atoms with Crippen molar-refractivity contribution in [3.05, 3.63) is 119 Å². The van der Waals surface area contributed by atoms with Crippen molar-refractivity contribution in [2.75, 3.05) is 0 Å². The largest absolute Gasteiger partial charge is 0.504 e. The van der Waals surface area contributed by atoms with Gasteiger partial charge >= 0.3 is 0 Å². The molecule has 0 radical (unpaired) electrons. The van der Waals surface area contributed by atoms with Gasteiger partial charge in [-0.25, -0.2) is 0 Å². The Kier molecular flexibility index (Phi) is 5.20. The predicted molar refractivity (Wildman–Crippen MR) is 120 cm³/mol. The highest BCUT2D eigenvalue weighted by Gasteiger charge is 2.45. The maximum Gasteiger partial charge on any atom is 0.158 e. The van der Waals surface area contributed by atoms with Crippen LogP contribution in [0.2, 0.25) is 0 Å². The fourth-order valence-electron chi connectivity index (χ4n) is 3.32. The summed E-state index contributed by atoms with van der Waals surface area (Å²) in [6, 6.07) is 33.0. The van der Waals surface area contributed by atoms with E-state index < -0.39 is 7.26 Å². The maximum absolute atomic E-state index is 11.1. The lowest BCUT2D eigenvalue weighted by Gasteiger charge is -2.23. The summed E-state index contributed by atoms with van der Waals surface area (Å²) in [7, 11) is -2.13. The smallest absolute Gasteiger partial charge is 0.158 e. The van der Waals surface area contributed by atoms with E-state index in [0.717, 1.165) is 5.56 Å². The average molecular weight is 387 g/mol. The van der Waals surface area contributed by atoms with E-state index in [1.165, 1.54) is 15.9 Å². The molecule has 0 fully saturated rings. The van der Waals surface area contributed by atoms with Crippen molar-refractivity contribution < 1.29 is 5.11 Å². The fourth-order valence-corrected chi connectivity index (χ4v) is 8.24. The Hall–Kier alpha value is -2.67. The van der Waals surface area contributed by atoms with Gasteiger partial charge in [0.15, 0.2) is 5.76 Å². The van der Waals surface area contributed by atoms with E-state index in [1.54, 1.807) is 11.3 Å². The van der Waals surface area contributed by atoms with Gasteiger partial charge in [-0.15, -0.1) is 11.3 Å². The number of thiophene rings is 1. The van der Waals surface area contributed by atoms with Crippen LogP contribution in [0.25, 0.3) is 5.76 Å². The van der Waals surface area contributed by atoms with E-state index in [9.17, 15) is 5.11 Å². The van der Waals surface area contributed by atoms with Gasteiger partial charge in [0.1, 0.15) is 29.0 Å². The SMILES string of the molecule is O/C(=C\[P+](c1ccccc1)(c1ccccc1)c1ccsc1)c1ccccc1. The van der Waals surface area contributed by atoms with Crippen LogP contribution in [-0.4, -0.2) is 5.11 Å². The van der Waals surface area contributed by atoms with E-state index in [-0.39, 0.29) is 0 Å². The van der Waals surface area contributed by atoms with Crippen LogP contribution in [0.15, 0.2) is 114 Å². The molecule has 1 N–H and O–H groups in total. The van der Waals surface area contributed by atoms with Crippen molar-refractivity contribution in [1.29, 1.82) is 0 Å². The first-order valence-electron chi connectivity index (χ1n) is 8.81. The topological polar surface area (TPSA) is 20.2 Å². The molecule has 0 unspecified atom stereocenters. The third kappa shape index (κ3) is 3.47. The van der Waals surface area contributed by atoms with Crippen LogP contribution >= 0.6 is 18.6 Å². The second kappa shape index (κ2) is 7.92. The van der Waals surface area contributed by atoms with Crippen LogP contribution in [0.3, 0.4) is 0 Å². The minimum absolute atomic E-state index is 0.322. The third-order valence-electron chi connectivity index (χ3n) is 4.63. The first kappa shape index (κ1) is 17.7. The summed E-state index contributed by atoms with van der Waals surface area (Å²) in [5, 5.41) is 19.1. The zero-order valence-electron chi connectivity index (χ0n) is 14.8. The molecule has 0 amide bonds. The van der Waals surface area contributed by atoms with Crippen LogP contribution in [0.1, 0.15) is 5.56 Å². The molecule has 4 rings (SSSR count). The Morgan fingerprint density at radius 3 is 1.67 bits per heavy atom. The highest BCUT2D eigenvalue weighted by atomic mass is 32.1. The van der Waals surface area contributed by atoms with Crippen molar-refractivity contribution in [1.82, 2.24) is 0 Å². The summed E-state index contributed by atoms with van der Waals surface area (Å²) in [5.41, 5.74) is 0.837. The standard InChI is InChI=1S/C24H19OPS/c25-24(20-10-4-1-5-11-20)18-26(23-16-17-27-19-23,21-12-6-2-7-13-21)22-14-8-3-9-15-22/h1-19H/p+1/b24-18-. The van der Waals surface area contributed by atoms with Gasteiger partial charge in [-0.2, -0.15) is 0 Å². The van der Waals surface area contributed by atoms with Crippen molar-refractivity contribution >= 4 is 40.3 Å². The normalized spacial score (nSPS) is 12.1. The van der Waals surface area contributed by atoms with Crippen LogP contribution in [-0.2, 0) is 0 Å². The summed E-state index contributed by atoms with van der Waals surface area (Å²) in [6.07, 6.45) is 0. The number of hydrogen-bond donors (Lipinski definition) is 1. The second-order valence-corrected chi connectivity index (χ2v) is 10.3. The van der Waals surface area contributed by atoms with E-state index in [1.807, 2.05) is 42.5 Å². The Labute approximate surface area is 164 Å². The van der Waals surface area contributed by atoms with Crippen molar-refractivity contribution in [3.8, 4) is 0 Å². The van der Waals surface area contributed by atoms with Gasteiger partial charge in [-0.3, -0.25) is 0 Å². The minimum atomic E-state index is -2.13. The van der Waals surface area contributed by atoms with Gasteiger partial charge in [-0.1, -0.05) is 66.7 Å². The highest BCUT2D eigenvalue weighted by Crippen LogP contribution is 2.58. The Morgan fingerprint density at radius 2 is 1.19 bits per heavy atom. The molecule has 132 valence electrons. The summed E-state index contributed by atoms with van der Waals surface area (Å²) in [4.78, 5) is 0. The van der Waals surface area contributed by atoms with Gasteiger partial charge in [0.25, 0.3) is 0 Å². The zero-order chi connectivity index (χ0) is 18.5. The number of hydrogen-bond acceptors (Lipinski definition) is 2. The van der Waals surface area contributed by atoms with E-state index in [2.05, 4.69) is 71.2 Å². The van der Waals surface area contributed by atoms with E-state index in [4.69, 9.17) is 0 Å².